The molecule has 2 aromatic heterocycles. The molecule has 0 spiro atoms. The van der Waals surface area contributed by atoms with E-state index in [1.807, 2.05) is 16.8 Å². The summed E-state index contributed by atoms with van der Waals surface area (Å²) in [4.78, 5) is 19.7. The van der Waals surface area contributed by atoms with Gasteiger partial charge >= 0.3 is 0 Å². The quantitative estimate of drug-likeness (QED) is 0.821. The number of hydrogen-bond acceptors (Lipinski definition) is 5. The Morgan fingerprint density at radius 3 is 2.89 bits per heavy atom. The van der Waals surface area contributed by atoms with Gasteiger partial charge in [0.15, 0.2) is 5.65 Å². The van der Waals surface area contributed by atoms with E-state index in [0.717, 1.165) is 69.4 Å². The monoisotopic (exact) mass is 382 g/mol. The van der Waals surface area contributed by atoms with Crippen LogP contribution >= 0.6 is 0 Å². The molecule has 0 aromatic carbocycles. The predicted octanol–water partition coefficient (Wildman–Crippen LogP) is 1.55. The molecule has 28 heavy (non-hydrogen) atoms. The molecular weight excluding hydrogens is 352 g/mol. The highest BCUT2D eigenvalue weighted by Gasteiger charge is 2.36. The van der Waals surface area contributed by atoms with Gasteiger partial charge in [0.1, 0.15) is 5.82 Å². The van der Waals surface area contributed by atoms with Gasteiger partial charge in [-0.2, -0.15) is 9.61 Å². The number of aromatic nitrogens is 3. The van der Waals surface area contributed by atoms with E-state index in [1.54, 1.807) is 0 Å². The van der Waals surface area contributed by atoms with Crippen molar-refractivity contribution in [1.29, 1.82) is 0 Å². The first-order chi connectivity index (χ1) is 13.8. The molecule has 1 saturated carbocycles. The number of rotatable bonds is 5. The molecule has 150 valence electrons. The summed E-state index contributed by atoms with van der Waals surface area (Å²) < 4.78 is 1.96. The van der Waals surface area contributed by atoms with Crippen LogP contribution in [-0.4, -0.2) is 53.2 Å². The number of nitrogens with one attached hydrogen (secondary N) is 2. The van der Waals surface area contributed by atoms with Crippen LogP contribution < -0.4 is 15.5 Å². The van der Waals surface area contributed by atoms with Gasteiger partial charge in [-0.15, -0.1) is 0 Å². The van der Waals surface area contributed by atoms with E-state index in [4.69, 9.17) is 4.98 Å². The Morgan fingerprint density at radius 2 is 2.04 bits per heavy atom. The fourth-order valence-electron chi connectivity index (χ4n) is 5.00. The lowest BCUT2D eigenvalue weighted by Gasteiger charge is -2.41. The van der Waals surface area contributed by atoms with E-state index in [2.05, 4.69) is 20.6 Å². The molecule has 0 radical (unpaired) electrons. The van der Waals surface area contributed by atoms with Crippen LogP contribution in [0.1, 0.15) is 43.4 Å². The molecule has 2 N–H and O–H groups in total. The number of carbonyl (C=O) groups excluding carboxylic acids is 1. The summed E-state index contributed by atoms with van der Waals surface area (Å²) in [6, 6.07) is 1.97. The number of anilines is 1. The largest absolute Gasteiger partial charge is 0.356 e. The molecular formula is C21H30N6O. The molecule has 3 aliphatic rings. The van der Waals surface area contributed by atoms with Crippen LogP contribution in [0.25, 0.3) is 5.65 Å². The van der Waals surface area contributed by atoms with Crippen molar-refractivity contribution in [3.05, 3.63) is 23.5 Å². The van der Waals surface area contributed by atoms with Crippen molar-refractivity contribution >= 4 is 17.4 Å². The third-order valence-electron chi connectivity index (χ3n) is 6.66. The summed E-state index contributed by atoms with van der Waals surface area (Å²) >= 11 is 0. The van der Waals surface area contributed by atoms with Crippen molar-refractivity contribution in [2.24, 2.45) is 11.8 Å². The Kier molecular flexibility index (Phi) is 4.93. The number of amides is 1. The Hall–Kier alpha value is -2.15. The zero-order valence-corrected chi connectivity index (χ0v) is 16.5. The molecule has 2 aromatic rings. The van der Waals surface area contributed by atoms with Gasteiger partial charge in [0, 0.05) is 44.2 Å². The molecule has 0 unspecified atom stereocenters. The van der Waals surface area contributed by atoms with Crippen LogP contribution in [-0.2, 0) is 17.6 Å². The highest BCUT2D eigenvalue weighted by atomic mass is 16.2. The maximum absolute atomic E-state index is 12.6. The van der Waals surface area contributed by atoms with Crippen molar-refractivity contribution in [2.75, 3.05) is 37.6 Å². The van der Waals surface area contributed by atoms with E-state index in [-0.39, 0.29) is 11.8 Å². The minimum Gasteiger partial charge on any atom is -0.356 e. The molecule has 1 amide bonds. The van der Waals surface area contributed by atoms with Crippen LogP contribution in [0.2, 0.25) is 0 Å². The normalized spacial score (nSPS) is 20.8. The molecule has 1 saturated heterocycles. The summed E-state index contributed by atoms with van der Waals surface area (Å²) in [5.74, 6) is 2.27. The van der Waals surface area contributed by atoms with Gasteiger partial charge in [-0.05, 0) is 25.3 Å². The number of nitrogens with zero attached hydrogens (tertiary/aromatic N) is 4. The number of fused-ring (bicyclic) bond motifs is 2. The Bertz CT molecular complexity index is 850. The smallest absolute Gasteiger partial charge is 0.226 e. The zero-order valence-electron chi connectivity index (χ0n) is 16.5. The van der Waals surface area contributed by atoms with Gasteiger partial charge < -0.3 is 15.5 Å². The topological polar surface area (TPSA) is 74.6 Å². The highest BCUT2D eigenvalue weighted by molar-refractivity contribution is 5.82. The summed E-state index contributed by atoms with van der Waals surface area (Å²) in [7, 11) is 0. The lowest BCUT2D eigenvalue weighted by molar-refractivity contribution is -0.125. The predicted molar refractivity (Wildman–Crippen MR) is 109 cm³/mol. The lowest BCUT2D eigenvalue weighted by atomic mass is 9.97. The van der Waals surface area contributed by atoms with Gasteiger partial charge in [-0.3, -0.25) is 4.79 Å². The molecule has 1 aliphatic carbocycles. The van der Waals surface area contributed by atoms with Crippen LogP contribution in [0.4, 0.5) is 5.82 Å². The first-order valence-electron chi connectivity index (χ1n) is 10.9. The molecule has 0 bridgehead atoms. The van der Waals surface area contributed by atoms with Crippen molar-refractivity contribution in [3.63, 3.8) is 0 Å². The number of carbonyl (C=O) groups is 1. The van der Waals surface area contributed by atoms with Gasteiger partial charge in [-0.25, -0.2) is 4.98 Å². The Labute approximate surface area is 165 Å². The number of hydrogen-bond donors (Lipinski definition) is 2. The van der Waals surface area contributed by atoms with Gasteiger partial charge in [0.25, 0.3) is 0 Å². The second-order valence-corrected chi connectivity index (χ2v) is 8.54. The second-order valence-electron chi connectivity index (χ2n) is 8.54. The molecule has 7 nitrogen and oxygen atoms in total. The summed E-state index contributed by atoms with van der Waals surface area (Å²) in [5, 5.41) is 11.2. The van der Waals surface area contributed by atoms with Crippen LogP contribution in [0.3, 0.4) is 0 Å². The fourth-order valence-corrected chi connectivity index (χ4v) is 5.00. The van der Waals surface area contributed by atoms with E-state index in [0.29, 0.717) is 0 Å². The minimum absolute atomic E-state index is 0.0851. The third kappa shape index (κ3) is 3.36. The zero-order chi connectivity index (χ0) is 18.9. The molecule has 7 heteroatoms. The van der Waals surface area contributed by atoms with E-state index in [1.165, 1.54) is 36.9 Å². The van der Waals surface area contributed by atoms with Gasteiger partial charge in [0.2, 0.25) is 5.91 Å². The highest BCUT2D eigenvalue weighted by Crippen LogP contribution is 2.31. The van der Waals surface area contributed by atoms with E-state index in [9.17, 15) is 4.79 Å². The van der Waals surface area contributed by atoms with E-state index < -0.39 is 0 Å². The Morgan fingerprint density at radius 1 is 1.21 bits per heavy atom. The molecule has 0 atom stereocenters. The average molecular weight is 383 g/mol. The first kappa shape index (κ1) is 17.9. The minimum atomic E-state index is 0.0851. The van der Waals surface area contributed by atoms with Crippen molar-refractivity contribution in [3.8, 4) is 0 Å². The van der Waals surface area contributed by atoms with Crippen molar-refractivity contribution in [1.82, 2.24) is 25.2 Å². The third-order valence-corrected chi connectivity index (χ3v) is 6.66. The Balaban J connectivity index is 1.25. The van der Waals surface area contributed by atoms with E-state index >= 15 is 0 Å². The molecule has 2 fully saturated rings. The lowest BCUT2D eigenvalue weighted by Crippen LogP contribution is -2.55. The SMILES string of the molecule is O=C(NCCC1CCCC1)C1CN(c2c3c(nc4ccnn24)CCNCC3)C1. The second kappa shape index (κ2) is 7.70. The van der Waals surface area contributed by atoms with Gasteiger partial charge in [-0.1, -0.05) is 25.7 Å². The molecule has 4 heterocycles. The maximum atomic E-state index is 12.6. The summed E-state index contributed by atoms with van der Waals surface area (Å²) in [6.07, 6.45) is 10.3. The van der Waals surface area contributed by atoms with Crippen molar-refractivity contribution in [2.45, 2.75) is 44.9 Å². The van der Waals surface area contributed by atoms with Crippen LogP contribution in [0, 0.1) is 11.8 Å². The molecule has 5 rings (SSSR count). The van der Waals surface area contributed by atoms with Crippen LogP contribution in [0.5, 0.6) is 0 Å². The maximum Gasteiger partial charge on any atom is 0.226 e. The summed E-state index contributed by atoms with van der Waals surface area (Å²) in [5.41, 5.74) is 3.37. The molecule has 2 aliphatic heterocycles. The average Bonchev–Trinajstić information content (AvgIpc) is 3.27. The van der Waals surface area contributed by atoms with Crippen LogP contribution in [0.15, 0.2) is 12.3 Å². The summed E-state index contributed by atoms with van der Waals surface area (Å²) in [6.45, 7) is 4.31. The first-order valence-corrected chi connectivity index (χ1v) is 10.9. The van der Waals surface area contributed by atoms with Crippen molar-refractivity contribution < 1.29 is 4.79 Å². The fraction of sp³-hybridized carbons (Fsp3) is 0.667. The standard InChI is InChI=1S/C21H30N6O/c28-20(23-11-5-15-3-1-2-4-15)16-13-26(14-16)21-17-6-9-22-10-7-18(17)25-19-8-12-24-27(19)21/h8,12,15-16,22H,1-7,9-11,13-14H2,(H,23,28). The van der Waals surface area contributed by atoms with Gasteiger partial charge in [0.05, 0.1) is 17.8 Å².